The molecule has 1 unspecified atom stereocenters. The van der Waals surface area contributed by atoms with Gasteiger partial charge in [0.2, 0.25) is 0 Å². The van der Waals surface area contributed by atoms with Crippen LogP contribution in [-0.2, 0) is 4.57 Å². The van der Waals surface area contributed by atoms with Gasteiger partial charge in [-0.3, -0.25) is 0 Å². The molecule has 1 atom stereocenters. The highest BCUT2D eigenvalue weighted by Crippen LogP contribution is 2.17. The molecule has 0 saturated heterocycles. The van der Waals surface area contributed by atoms with Crippen molar-refractivity contribution in [2.75, 3.05) is 6.66 Å². The molecule has 0 spiro atoms. The van der Waals surface area contributed by atoms with Crippen molar-refractivity contribution in [3.8, 4) is 0 Å². The molecular formula is CH4ClOP. The molecule has 0 aliphatic heterocycles. The van der Waals surface area contributed by atoms with Crippen molar-refractivity contribution in [1.82, 2.24) is 0 Å². The normalized spacial score (nSPS) is 15.5. The van der Waals surface area contributed by atoms with Crippen molar-refractivity contribution < 1.29 is 4.57 Å². The van der Waals surface area contributed by atoms with Crippen LogP contribution in [0, 0.1) is 0 Å². The van der Waals surface area contributed by atoms with E-state index in [2.05, 4.69) is 0 Å². The maximum absolute atomic E-state index is 9.40. The molecule has 0 aliphatic rings. The Kier molecular flexibility index (Phi) is 2.04. The third-order valence-electron chi connectivity index (χ3n) is 0. The molecule has 0 bridgehead atoms. The zero-order valence-electron chi connectivity index (χ0n) is 2.29. The lowest BCUT2D eigenvalue weighted by Gasteiger charge is -1.55. The van der Waals surface area contributed by atoms with Gasteiger partial charge in [0, 0.05) is 6.66 Å². The van der Waals surface area contributed by atoms with Crippen molar-refractivity contribution in [1.29, 1.82) is 0 Å². The molecule has 0 amide bonds. The lowest BCUT2D eigenvalue weighted by molar-refractivity contribution is 0.598. The number of hydrogen-bond donors (Lipinski definition) is 0. The van der Waals surface area contributed by atoms with Crippen LogP contribution >= 0.6 is 18.4 Å². The average molecular weight is 98.5 g/mol. The maximum Gasteiger partial charge on any atom is 0.155 e. The summed E-state index contributed by atoms with van der Waals surface area (Å²) in [5, 5.41) is 0. The highest BCUT2D eigenvalue weighted by molar-refractivity contribution is 7.73. The SMILES string of the molecule is C[PH](=O)Cl. The molecular weight excluding hydrogens is 94.4 g/mol. The Labute approximate surface area is 30.5 Å². The van der Waals surface area contributed by atoms with Crippen molar-refractivity contribution >= 4 is 18.4 Å². The first kappa shape index (κ1) is 4.52. The van der Waals surface area contributed by atoms with Crippen molar-refractivity contribution in [3.05, 3.63) is 0 Å². The molecule has 0 aromatic heterocycles. The smallest absolute Gasteiger partial charge is 0.155 e. The third kappa shape index (κ3) is 21.5. The Hall–Kier alpha value is 0.520. The van der Waals surface area contributed by atoms with E-state index >= 15 is 0 Å². The van der Waals surface area contributed by atoms with E-state index in [4.69, 9.17) is 11.2 Å². The molecule has 4 heavy (non-hydrogen) atoms. The van der Waals surface area contributed by atoms with E-state index in [1.165, 1.54) is 6.66 Å². The number of rotatable bonds is 0. The van der Waals surface area contributed by atoms with Gasteiger partial charge < -0.3 is 4.57 Å². The molecule has 0 heterocycles. The zero-order valence-corrected chi connectivity index (χ0v) is 4.04. The van der Waals surface area contributed by atoms with Gasteiger partial charge in [0.15, 0.2) is 7.15 Å². The summed E-state index contributed by atoms with van der Waals surface area (Å²) in [7, 11) is -1.66. The first-order chi connectivity index (χ1) is 1.73. The molecule has 0 aromatic rings. The predicted octanol–water partition coefficient (Wildman–Crippen LogP) is 1.33. The summed E-state index contributed by atoms with van der Waals surface area (Å²) >= 11 is 4.82. The number of halogens is 1. The van der Waals surface area contributed by atoms with Crippen LogP contribution in [0.5, 0.6) is 0 Å². The average Bonchev–Trinajstić information content (AvgIpc) is 0.811. The van der Waals surface area contributed by atoms with Crippen molar-refractivity contribution in [3.63, 3.8) is 0 Å². The Morgan fingerprint density at radius 3 is 2.00 bits per heavy atom. The van der Waals surface area contributed by atoms with E-state index in [0.717, 1.165) is 0 Å². The highest BCUT2D eigenvalue weighted by atomic mass is 35.7. The van der Waals surface area contributed by atoms with E-state index in [1.807, 2.05) is 0 Å². The van der Waals surface area contributed by atoms with Gasteiger partial charge in [-0.05, 0) is 0 Å². The van der Waals surface area contributed by atoms with Gasteiger partial charge >= 0.3 is 0 Å². The van der Waals surface area contributed by atoms with Crippen LogP contribution in [0.25, 0.3) is 0 Å². The quantitative estimate of drug-likeness (QED) is 0.418. The summed E-state index contributed by atoms with van der Waals surface area (Å²) in [4.78, 5) is 0. The van der Waals surface area contributed by atoms with E-state index in [1.54, 1.807) is 0 Å². The minimum absolute atomic E-state index is 1.48. The molecule has 0 aromatic carbocycles. The van der Waals surface area contributed by atoms with E-state index < -0.39 is 7.15 Å². The van der Waals surface area contributed by atoms with Gasteiger partial charge in [-0.1, -0.05) is 11.2 Å². The van der Waals surface area contributed by atoms with Crippen LogP contribution in [0.1, 0.15) is 0 Å². The zero-order chi connectivity index (χ0) is 3.58. The summed E-state index contributed by atoms with van der Waals surface area (Å²) < 4.78 is 9.40. The molecule has 0 radical (unpaired) electrons. The first-order valence-corrected chi connectivity index (χ1v) is 3.81. The molecule has 0 fully saturated rings. The van der Waals surface area contributed by atoms with Crippen LogP contribution in [0.15, 0.2) is 0 Å². The van der Waals surface area contributed by atoms with Crippen LogP contribution in [0.4, 0.5) is 0 Å². The predicted molar refractivity (Wildman–Crippen MR) is 20.8 cm³/mol. The van der Waals surface area contributed by atoms with E-state index in [9.17, 15) is 4.57 Å². The fourth-order valence-corrected chi connectivity index (χ4v) is 0. The second kappa shape index (κ2) is 1.80. The Balaban J connectivity index is 2.80. The molecule has 0 N–H and O–H groups in total. The second-order valence-corrected chi connectivity index (χ2v) is 3.01. The van der Waals surface area contributed by atoms with Gasteiger partial charge in [-0.15, -0.1) is 0 Å². The fraction of sp³-hybridized carbons (Fsp3) is 1.00. The maximum atomic E-state index is 9.40. The molecule has 1 nitrogen and oxygen atoms in total. The standard InChI is InChI=1S/CH4ClOP/c1-4(2)3/h4H,1H3. The monoisotopic (exact) mass is 98.0 g/mol. The van der Waals surface area contributed by atoms with Gasteiger partial charge in [0.25, 0.3) is 0 Å². The highest BCUT2D eigenvalue weighted by Gasteiger charge is 1.62. The molecule has 0 rings (SSSR count). The summed E-state index contributed by atoms with van der Waals surface area (Å²) in [5.41, 5.74) is 0. The molecule has 3 heteroatoms. The third-order valence-corrected chi connectivity index (χ3v) is 0. The van der Waals surface area contributed by atoms with Gasteiger partial charge in [-0.2, -0.15) is 0 Å². The van der Waals surface area contributed by atoms with Crippen molar-refractivity contribution in [2.45, 2.75) is 0 Å². The largest absolute Gasteiger partial charge is 0.310 e. The topological polar surface area (TPSA) is 17.1 Å². The Bertz CT molecular complexity index is 31.0. The Morgan fingerprint density at radius 1 is 2.00 bits per heavy atom. The second-order valence-electron chi connectivity index (χ2n) is 0.470. The summed E-state index contributed by atoms with van der Waals surface area (Å²) in [5.74, 6) is 0. The summed E-state index contributed by atoms with van der Waals surface area (Å²) in [6.07, 6.45) is 0. The van der Waals surface area contributed by atoms with Crippen LogP contribution in [0.3, 0.4) is 0 Å². The van der Waals surface area contributed by atoms with E-state index in [-0.39, 0.29) is 0 Å². The lowest BCUT2D eigenvalue weighted by atomic mass is 12.0. The Morgan fingerprint density at radius 2 is 2.00 bits per heavy atom. The van der Waals surface area contributed by atoms with Crippen LogP contribution in [0.2, 0.25) is 0 Å². The fourth-order valence-electron chi connectivity index (χ4n) is 0. The summed E-state index contributed by atoms with van der Waals surface area (Å²) in [6.45, 7) is 1.48. The minimum Gasteiger partial charge on any atom is -0.310 e. The molecule has 0 saturated carbocycles. The van der Waals surface area contributed by atoms with Crippen molar-refractivity contribution in [2.24, 2.45) is 0 Å². The van der Waals surface area contributed by atoms with Crippen LogP contribution < -0.4 is 0 Å². The van der Waals surface area contributed by atoms with Gasteiger partial charge in [0.1, 0.15) is 0 Å². The van der Waals surface area contributed by atoms with E-state index in [0.29, 0.717) is 0 Å². The number of hydrogen-bond acceptors (Lipinski definition) is 1. The van der Waals surface area contributed by atoms with Gasteiger partial charge in [0.05, 0.1) is 0 Å². The lowest BCUT2D eigenvalue weighted by Crippen LogP contribution is -1.17. The van der Waals surface area contributed by atoms with Gasteiger partial charge in [-0.25, -0.2) is 0 Å². The molecule has 26 valence electrons. The first-order valence-electron chi connectivity index (χ1n) is 0.893. The molecule has 0 aliphatic carbocycles. The summed E-state index contributed by atoms with van der Waals surface area (Å²) in [6, 6.07) is 0. The minimum atomic E-state index is -1.66. The van der Waals surface area contributed by atoms with Crippen LogP contribution in [-0.4, -0.2) is 6.66 Å².